The van der Waals surface area contributed by atoms with E-state index in [0.29, 0.717) is 18.8 Å². The van der Waals surface area contributed by atoms with E-state index in [4.69, 9.17) is 10.5 Å². The van der Waals surface area contributed by atoms with Gasteiger partial charge in [0.15, 0.2) is 0 Å². The van der Waals surface area contributed by atoms with Crippen molar-refractivity contribution >= 4 is 5.91 Å². The van der Waals surface area contributed by atoms with Crippen LogP contribution in [0.2, 0.25) is 0 Å². The molecular formula is C12H20N4O2. The Balaban J connectivity index is 2.10. The smallest absolute Gasteiger partial charge is 0.274 e. The summed E-state index contributed by atoms with van der Waals surface area (Å²) in [4.78, 5) is 14.1. The number of hydrogen-bond acceptors (Lipinski definition) is 4. The zero-order chi connectivity index (χ0) is 13.1. The van der Waals surface area contributed by atoms with Crippen LogP contribution in [0.25, 0.3) is 0 Å². The number of ether oxygens (including phenoxy) is 1. The fourth-order valence-electron chi connectivity index (χ4n) is 2.39. The number of nitrogens with one attached hydrogen (secondary N) is 1. The Morgan fingerprint density at radius 1 is 1.72 bits per heavy atom. The summed E-state index contributed by atoms with van der Waals surface area (Å²) in [6.45, 7) is 3.00. The summed E-state index contributed by atoms with van der Waals surface area (Å²) in [6.07, 6.45) is 1.84. The molecule has 2 rings (SSSR count). The van der Waals surface area contributed by atoms with E-state index in [-0.39, 0.29) is 18.1 Å². The van der Waals surface area contributed by atoms with Gasteiger partial charge >= 0.3 is 0 Å². The molecule has 6 heteroatoms. The van der Waals surface area contributed by atoms with Crippen LogP contribution in [0.1, 0.15) is 29.0 Å². The summed E-state index contributed by atoms with van der Waals surface area (Å²) < 4.78 is 5.35. The van der Waals surface area contributed by atoms with Crippen LogP contribution in [-0.4, -0.2) is 53.3 Å². The molecule has 0 bridgehead atoms. The molecule has 0 aromatic carbocycles. The molecule has 100 valence electrons. The van der Waals surface area contributed by atoms with Crippen LogP contribution in [-0.2, 0) is 4.74 Å². The van der Waals surface area contributed by atoms with Crippen molar-refractivity contribution in [2.45, 2.75) is 31.9 Å². The Morgan fingerprint density at radius 2 is 2.50 bits per heavy atom. The minimum absolute atomic E-state index is 0.0354. The highest BCUT2D eigenvalue weighted by Gasteiger charge is 2.32. The third-order valence-electron chi connectivity index (χ3n) is 3.46. The Kier molecular flexibility index (Phi) is 3.98. The number of piperidine rings is 1. The molecule has 1 saturated heterocycles. The fraction of sp³-hybridized carbons (Fsp3) is 0.667. The van der Waals surface area contributed by atoms with Gasteiger partial charge in [-0.1, -0.05) is 0 Å². The van der Waals surface area contributed by atoms with E-state index in [1.165, 1.54) is 0 Å². The molecule has 0 spiro atoms. The number of nitrogens with zero attached hydrogens (tertiary/aromatic N) is 2. The van der Waals surface area contributed by atoms with Crippen molar-refractivity contribution in [1.82, 2.24) is 15.1 Å². The third-order valence-corrected chi connectivity index (χ3v) is 3.46. The van der Waals surface area contributed by atoms with Crippen LogP contribution in [0, 0.1) is 6.92 Å². The summed E-state index contributed by atoms with van der Waals surface area (Å²) in [5.74, 6) is -0.0515. The van der Waals surface area contributed by atoms with Gasteiger partial charge in [-0.3, -0.25) is 9.89 Å². The summed E-state index contributed by atoms with van der Waals surface area (Å²) >= 11 is 0. The number of carbonyl (C=O) groups is 1. The van der Waals surface area contributed by atoms with Crippen LogP contribution >= 0.6 is 0 Å². The lowest BCUT2D eigenvalue weighted by molar-refractivity contribution is 0.0136. The molecular weight excluding hydrogens is 232 g/mol. The van der Waals surface area contributed by atoms with E-state index in [9.17, 15) is 4.79 Å². The van der Waals surface area contributed by atoms with Crippen molar-refractivity contribution in [2.24, 2.45) is 5.73 Å². The van der Waals surface area contributed by atoms with E-state index in [0.717, 1.165) is 18.5 Å². The van der Waals surface area contributed by atoms with E-state index >= 15 is 0 Å². The highest BCUT2D eigenvalue weighted by atomic mass is 16.5. The first-order valence-electron chi connectivity index (χ1n) is 6.21. The van der Waals surface area contributed by atoms with E-state index in [1.54, 1.807) is 13.2 Å². The highest BCUT2D eigenvalue weighted by molar-refractivity contribution is 5.92. The predicted molar refractivity (Wildman–Crippen MR) is 67.2 cm³/mol. The first-order chi connectivity index (χ1) is 8.65. The van der Waals surface area contributed by atoms with Gasteiger partial charge < -0.3 is 15.4 Å². The molecule has 18 heavy (non-hydrogen) atoms. The minimum atomic E-state index is -0.0515. The van der Waals surface area contributed by atoms with Crippen molar-refractivity contribution in [3.8, 4) is 0 Å². The van der Waals surface area contributed by atoms with Crippen LogP contribution in [0.5, 0.6) is 0 Å². The number of amides is 1. The highest BCUT2D eigenvalue weighted by Crippen LogP contribution is 2.21. The molecule has 1 fully saturated rings. The van der Waals surface area contributed by atoms with Crippen molar-refractivity contribution < 1.29 is 9.53 Å². The SMILES string of the molecule is COC1CCN(C(=O)c2cc(C)[nH]n2)C(CN)C1. The molecule has 1 aromatic heterocycles. The average molecular weight is 252 g/mol. The maximum Gasteiger partial charge on any atom is 0.274 e. The zero-order valence-corrected chi connectivity index (χ0v) is 10.8. The number of methoxy groups -OCH3 is 1. The van der Waals surface area contributed by atoms with Gasteiger partial charge in [0.2, 0.25) is 0 Å². The molecule has 0 aliphatic carbocycles. The first-order valence-corrected chi connectivity index (χ1v) is 6.21. The molecule has 0 radical (unpaired) electrons. The second-order valence-electron chi connectivity index (χ2n) is 4.71. The summed E-state index contributed by atoms with van der Waals surface area (Å²) in [5.41, 5.74) is 7.10. The lowest BCUT2D eigenvalue weighted by Gasteiger charge is -2.38. The number of H-pyrrole nitrogens is 1. The quantitative estimate of drug-likeness (QED) is 0.810. The first kappa shape index (κ1) is 13.0. The Hall–Kier alpha value is -1.40. The second kappa shape index (κ2) is 5.49. The maximum atomic E-state index is 12.3. The normalized spacial score (nSPS) is 24.3. The van der Waals surface area contributed by atoms with Crippen molar-refractivity contribution in [2.75, 3.05) is 20.2 Å². The zero-order valence-electron chi connectivity index (χ0n) is 10.8. The third kappa shape index (κ3) is 2.54. The molecule has 1 aliphatic rings. The minimum Gasteiger partial charge on any atom is -0.381 e. The number of aryl methyl sites for hydroxylation is 1. The number of carbonyl (C=O) groups excluding carboxylic acids is 1. The molecule has 6 nitrogen and oxygen atoms in total. The van der Waals surface area contributed by atoms with E-state index in [2.05, 4.69) is 10.2 Å². The molecule has 1 aromatic rings. The van der Waals surface area contributed by atoms with Crippen molar-refractivity contribution in [1.29, 1.82) is 0 Å². The number of likely N-dealkylation sites (tertiary alicyclic amines) is 1. The molecule has 3 N–H and O–H groups in total. The van der Waals surface area contributed by atoms with Crippen LogP contribution < -0.4 is 5.73 Å². The van der Waals surface area contributed by atoms with Crippen molar-refractivity contribution in [3.63, 3.8) is 0 Å². The van der Waals surface area contributed by atoms with Crippen LogP contribution in [0.4, 0.5) is 0 Å². The molecule has 2 atom stereocenters. The van der Waals surface area contributed by atoms with Crippen LogP contribution in [0.3, 0.4) is 0 Å². The lowest BCUT2D eigenvalue weighted by atomic mass is 9.99. The molecule has 0 saturated carbocycles. The topological polar surface area (TPSA) is 84.2 Å². The molecule has 2 heterocycles. The second-order valence-corrected chi connectivity index (χ2v) is 4.71. The Morgan fingerprint density at radius 3 is 3.06 bits per heavy atom. The van der Waals surface area contributed by atoms with Crippen LogP contribution in [0.15, 0.2) is 6.07 Å². The molecule has 2 unspecified atom stereocenters. The summed E-state index contributed by atoms with van der Waals surface area (Å²) in [6, 6.07) is 1.80. The predicted octanol–water partition coefficient (Wildman–Crippen LogP) is 0.296. The van der Waals surface area contributed by atoms with Gasteiger partial charge in [-0.2, -0.15) is 5.10 Å². The Labute approximate surface area is 106 Å². The number of rotatable bonds is 3. The average Bonchev–Trinajstić information content (AvgIpc) is 2.83. The number of nitrogens with two attached hydrogens (primary N) is 1. The fourth-order valence-corrected chi connectivity index (χ4v) is 2.39. The van der Waals surface area contributed by atoms with Gasteiger partial charge in [-0.25, -0.2) is 0 Å². The largest absolute Gasteiger partial charge is 0.381 e. The summed E-state index contributed by atoms with van der Waals surface area (Å²) in [7, 11) is 1.70. The van der Waals surface area contributed by atoms with Gasteiger partial charge in [-0.15, -0.1) is 0 Å². The molecule has 1 aliphatic heterocycles. The van der Waals surface area contributed by atoms with E-state index in [1.807, 2.05) is 11.8 Å². The van der Waals surface area contributed by atoms with Gasteiger partial charge in [-0.05, 0) is 25.8 Å². The van der Waals surface area contributed by atoms with E-state index < -0.39 is 0 Å². The van der Waals surface area contributed by atoms with Gasteiger partial charge in [0.1, 0.15) is 5.69 Å². The molecule has 1 amide bonds. The number of aromatic amines is 1. The number of hydrogen-bond donors (Lipinski definition) is 2. The Bertz CT molecular complexity index is 418. The van der Waals surface area contributed by atoms with Gasteiger partial charge in [0.25, 0.3) is 5.91 Å². The van der Waals surface area contributed by atoms with Gasteiger partial charge in [0, 0.05) is 31.9 Å². The van der Waals surface area contributed by atoms with Gasteiger partial charge in [0.05, 0.1) is 6.10 Å². The maximum absolute atomic E-state index is 12.3. The number of aromatic nitrogens is 2. The lowest BCUT2D eigenvalue weighted by Crippen LogP contribution is -2.51. The summed E-state index contributed by atoms with van der Waals surface area (Å²) in [5, 5.41) is 6.80. The monoisotopic (exact) mass is 252 g/mol. The standard InChI is InChI=1S/C12H20N4O2/c1-8-5-11(15-14-8)12(17)16-4-3-10(18-2)6-9(16)7-13/h5,9-10H,3-4,6-7,13H2,1-2H3,(H,14,15). The van der Waals surface area contributed by atoms with Crippen molar-refractivity contribution in [3.05, 3.63) is 17.5 Å².